The van der Waals surface area contributed by atoms with Crippen molar-refractivity contribution < 1.29 is 9.50 Å². The van der Waals surface area contributed by atoms with Crippen molar-refractivity contribution in [2.24, 2.45) is 5.41 Å². The molecule has 88 valence electrons. The Morgan fingerprint density at radius 1 is 1.19 bits per heavy atom. The van der Waals surface area contributed by atoms with Crippen molar-refractivity contribution in [1.29, 1.82) is 0 Å². The fourth-order valence-electron chi connectivity index (χ4n) is 2.77. The summed E-state index contributed by atoms with van der Waals surface area (Å²) in [5.74, 6) is -0.271. The van der Waals surface area contributed by atoms with Gasteiger partial charge in [-0.2, -0.15) is 0 Å². The van der Waals surface area contributed by atoms with E-state index in [1.54, 1.807) is 6.07 Å². The van der Waals surface area contributed by atoms with E-state index < -0.39 is 5.60 Å². The number of rotatable bonds is 1. The summed E-state index contributed by atoms with van der Waals surface area (Å²) < 4.78 is 13.2. The van der Waals surface area contributed by atoms with E-state index in [1.165, 1.54) is 12.1 Å². The zero-order valence-electron chi connectivity index (χ0n) is 9.96. The van der Waals surface area contributed by atoms with Crippen LogP contribution in [0.3, 0.4) is 0 Å². The molecule has 16 heavy (non-hydrogen) atoms. The lowest BCUT2D eigenvalue weighted by Gasteiger charge is -2.47. The second-order valence-corrected chi connectivity index (χ2v) is 5.46. The maximum Gasteiger partial charge on any atom is 0.123 e. The van der Waals surface area contributed by atoms with Gasteiger partial charge in [0.05, 0.1) is 5.60 Å². The Hall–Kier alpha value is -0.890. The van der Waals surface area contributed by atoms with E-state index in [-0.39, 0.29) is 11.2 Å². The van der Waals surface area contributed by atoms with E-state index in [9.17, 15) is 9.50 Å². The smallest absolute Gasteiger partial charge is 0.123 e. The molecule has 1 unspecified atom stereocenters. The predicted octanol–water partition coefficient (Wildman–Crippen LogP) is 3.61. The quantitative estimate of drug-likeness (QED) is 0.769. The van der Waals surface area contributed by atoms with E-state index in [4.69, 9.17) is 0 Å². The second kappa shape index (κ2) is 3.85. The molecule has 1 N–H and O–H groups in total. The molecule has 1 aromatic rings. The molecule has 0 aliphatic heterocycles. The highest BCUT2D eigenvalue weighted by atomic mass is 19.1. The normalized spacial score (nSPS) is 29.0. The summed E-state index contributed by atoms with van der Waals surface area (Å²) in [6, 6.07) is 6.39. The fourth-order valence-corrected chi connectivity index (χ4v) is 2.77. The van der Waals surface area contributed by atoms with Crippen LogP contribution in [-0.2, 0) is 5.60 Å². The fraction of sp³-hybridized carbons (Fsp3) is 0.571. The topological polar surface area (TPSA) is 20.2 Å². The van der Waals surface area contributed by atoms with Crippen molar-refractivity contribution in [3.8, 4) is 0 Å². The number of aliphatic hydroxyl groups is 1. The monoisotopic (exact) mass is 222 g/mol. The molecule has 1 saturated carbocycles. The lowest BCUT2D eigenvalue weighted by molar-refractivity contribution is -0.104. The SMILES string of the molecule is CC1(C)CCCCC1(O)c1cccc(F)c1. The van der Waals surface area contributed by atoms with Gasteiger partial charge in [-0.25, -0.2) is 4.39 Å². The minimum atomic E-state index is -0.882. The summed E-state index contributed by atoms with van der Waals surface area (Å²) in [7, 11) is 0. The Labute approximate surface area is 96.3 Å². The first-order valence-electron chi connectivity index (χ1n) is 5.94. The number of hydrogen-bond donors (Lipinski definition) is 1. The van der Waals surface area contributed by atoms with Crippen LogP contribution >= 0.6 is 0 Å². The maximum absolute atomic E-state index is 13.2. The summed E-state index contributed by atoms with van der Waals surface area (Å²) in [6.07, 6.45) is 3.87. The van der Waals surface area contributed by atoms with Crippen molar-refractivity contribution in [1.82, 2.24) is 0 Å². The first-order chi connectivity index (χ1) is 7.46. The Morgan fingerprint density at radius 2 is 1.88 bits per heavy atom. The van der Waals surface area contributed by atoms with Crippen LogP contribution in [-0.4, -0.2) is 5.11 Å². The summed E-state index contributed by atoms with van der Waals surface area (Å²) >= 11 is 0. The zero-order valence-corrected chi connectivity index (χ0v) is 9.96. The molecule has 0 bridgehead atoms. The van der Waals surface area contributed by atoms with E-state index in [2.05, 4.69) is 13.8 Å². The van der Waals surface area contributed by atoms with Gasteiger partial charge in [-0.3, -0.25) is 0 Å². The Kier molecular flexibility index (Phi) is 2.79. The van der Waals surface area contributed by atoms with Crippen molar-refractivity contribution >= 4 is 0 Å². The minimum Gasteiger partial charge on any atom is -0.385 e. The molecule has 1 aliphatic carbocycles. The van der Waals surface area contributed by atoms with Crippen LogP contribution in [0.25, 0.3) is 0 Å². The molecule has 1 nitrogen and oxygen atoms in total. The molecule has 0 spiro atoms. The largest absolute Gasteiger partial charge is 0.385 e. The molecule has 2 heteroatoms. The zero-order chi connectivity index (χ0) is 11.8. The van der Waals surface area contributed by atoms with Crippen molar-refractivity contribution in [3.05, 3.63) is 35.6 Å². The average molecular weight is 222 g/mol. The third-order valence-electron chi connectivity index (χ3n) is 4.01. The summed E-state index contributed by atoms with van der Waals surface area (Å²) in [5.41, 5.74) is -0.343. The summed E-state index contributed by atoms with van der Waals surface area (Å²) in [4.78, 5) is 0. The maximum atomic E-state index is 13.2. The van der Waals surface area contributed by atoms with Crippen LogP contribution < -0.4 is 0 Å². The van der Waals surface area contributed by atoms with Gasteiger partial charge in [0.1, 0.15) is 5.82 Å². The number of halogens is 1. The van der Waals surface area contributed by atoms with Gasteiger partial charge in [0.15, 0.2) is 0 Å². The van der Waals surface area contributed by atoms with Gasteiger partial charge in [-0.15, -0.1) is 0 Å². The van der Waals surface area contributed by atoms with Crippen LogP contribution in [0.4, 0.5) is 4.39 Å². The van der Waals surface area contributed by atoms with Gasteiger partial charge in [-0.1, -0.05) is 38.8 Å². The van der Waals surface area contributed by atoms with Crippen molar-refractivity contribution in [2.75, 3.05) is 0 Å². The molecular formula is C14H19FO. The van der Waals surface area contributed by atoms with Crippen LogP contribution in [0.2, 0.25) is 0 Å². The van der Waals surface area contributed by atoms with Crippen molar-refractivity contribution in [3.63, 3.8) is 0 Å². The lowest BCUT2D eigenvalue weighted by Crippen LogP contribution is -2.44. The second-order valence-electron chi connectivity index (χ2n) is 5.46. The number of hydrogen-bond acceptors (Lipinski definition) is 1. The first-order valence-corrected chi connectivity index (χ1v) is 5.94. The molecule has 0 amide bonds. The first kappa shape index (κ1) is 11.6. The molecule has 0 heterocycles. The standard InChI is InChI=1S/C14H19FO/c1-13(2)8-3-4-9-14(13,16)11-6-5-7-12(15)10-11/h5-7,10,16H,3-4,8-9H2,1-2H3. The van der Waals surface area contributed by atoms with Crippen LogP contribution in [0.1, 0.15) is 45.1 Å². The van der Waals surface area contributed by atoms with Crippen molar-refractivity contribution in [2.45, 2.75) is 45.1 Å². The van der Waals surface area contributed by atoms with Crippen LogP contribution in [0.5, 0.6) is 0 Å². The van der Waals surface area contributed by atoms with Crippen LogP contribution in [0.15, 0.2) is 24.3 Å². The highest BCUT2D eigenvalue weighted by Crippen LogP contribution is 2.49. The minimum absolute atomic E-state index is 0.182. The van der Waals surface area contributed by atoms with E-state index in [0.717, 1.165) is 31.2 Å². The molecule has 1 atom stereocenters. The summed E-state index contributed by atoms with van der Waals surface area (Å²) in [5, 5.41) is 10.8. The predicted molar refractivity (Wildman–Crippen MR) is 62.5 cm³/mol. The van der Waals surface area contributed by atoms with Gasteiger partial charge in [0, 0.05) is 0 Å². The average Bonchev–Trinajstić information content (AvgIpc) is 2.22. The van der Waals surface area contributed by atoms with E-state index in [0.29, 0.717) is 0 Å². The Morgan fingerprint density at radius 3 is 2.50 bits per heavy atom. The van der Waals surface area contributed by atoms with E-state index >= 15 is 0 Å². The molecule has 1 aromatic carbocycles. The molecule has 2 rings (SSSR count). The Balaban J connectivity index is 2.43. The molecule has 1 aliphatic rings. The molecular weight excluding hydrogens is 203 g/mol. The lowest BCUT2D eigenvalue weighted by atomic mass is 9.62. The molecule has 0 radical (unpaired) electrons. The molecule has 0 aromatic heterocycles. The number of benzene rings is 1. The molecule has 0 saturated heterocycles. The Bertz CT molecular complexity index is 386. The highest BCUT2D eigenvalue weighted by Gasteiger charge is 2.46. The summed E-state index contributed by atoms with van der Waals surface area (Å²) in [6.45, 7) is 4.13. The van der Waals surface area contributed by atoms with Gasteiger partial charge in [0.25, 0.3) is 0 Å². The van der Waals surface area contributed by atoms with Crippen LogP contribution in [0, 0.1) is 11.2 Å². The van der Waals surface area contributed by atoms with E-state index in [1.807, 2.05) is 6.07 Å². The third-order valence-corrected chi connectivity index (χ3v) is 4.01. The van der Waals surface area contributed by atoms with Gasteiger partial charge < -0.3 is 5.11 Å². The highest BCUT2D eigenvalue weighted by molar-refractivity contribution is 5.26. The van der Waals surface area contributed by atoms with Gasteiger partial charge in [0.2, 0.25) is 0 Å². The molecule has 1 fully saturated rings. The van der Waals surface area contributed by atoms with Gasteiger partial charge >= 0.3 is 0 Å². The third kappa shape index (κ3) is 1.75. The van der Waals surface area contributed by atoms with Gasteiger partial charge in [-0.05, 0) is 36.0 Å².